The predicted octanol–water partition coefficient (Wildman–Crippen LogP) is -0.412. The van der Waals surface area contributed by atoms with Gasteiger partial charge in [-0.3, -0.25) is 5.41 Å². The number of nitrogens with one attached hydrogen (secondary N) is 2. The Morgan fingerprint density at radius 3 is 2.78 bits per heavy atom. The monoisotopic (exact) mass is 131 g/mol. The van der Waals surface area contributed by atoms with Gasteiger partial charge in [0.25, 0.3) is 0 Å². The Labute approximate surface area is 54.6 Å². The van der Waals surface area contributed by atoms with Crippen LogP contribution in [0.4, 0.5) is 0 Å². The smallest absolute Gasteiger partial charge is 0.187 e. The Hall–Kier alpha value is -0.770. The molecule has 0 aliphatic rings. The summed E-state index contributed by atoms with van der Waals surface area (Å²) in [6, 6.07) is 0. The van der Waals surface area contributed by atoms with Crippen molar-refractivity contribution in [2.24, 2.45) is 5.73 Å². The standard InChI is InChI=1S/C5H13N3O/c1-2-3-4(9)8-5(6)7/h4,9H,2-3H2,1H3,(H4,6,7,8). The molecule has 0 rings (SSSR count). The summed E-state index contributed by atoms with van der Waals surface area (Å²) in [5, 5.41) is 18.0. The van der Waals surface area contributed by atoms with Crippen LogP contribution < -0.4 is 11.1 Å². The lowest BCUT2D eigenvalue weighted by Gasteiger charge is -2.09. The molecule has 0 bridgehead atoms. The average molecular weight is 131 g/mol. The third-order valence-corrected chi connectivity index (χ3v) is 0.884. The van der Waals surface area contributed by atoms with Crippen molar-refractivity contribution in [3.05, 3.63) is 0 Å². The molecule has 0 aromatic heterocycles. The Bertz CT molecular complexity index is 94.2. The molecule has 0 aliphatic heterocycles. The van der Waals surface area contributed by atoms with Gasteiger partial charge in [-0.2, -0.15) is 0 Å². The maximum atomic E-state index is 8.89. The van der Waals surface area contributed by atoms with E-state index in [9.17, 15) is 0 Å². The zero-order chi connectivity index (χ0) is 7.28. The highest BCUT2D eigenvalue weighted by atomic mass is 16.3. The van der Waals surface area contributed by atoms with Crippen LogP contribution in [-0.2, 0) is 0 Å². The summed E-state index contributed by atoms with van der Waals surface area (Å²) < 4.78 is 0. The van der Waals surface area contributed by atoms with Crippen molar-refractivity contribution in [1.82, 2.24) is 5.32 Å². The summed E-state index contributed by atoms with van der Waals surface area (Å²) in [5.74, 6) is -0.184. The number of nitrogens with two attached hydrogens (primary N) is 1. The number of aliphatic hydroxyl groups is 1. The SMILES string of the molecule is CCCC(O)NC(=N)N. The Morgan fingerprint density at radius 1 is 1.89 bits per heavy atom. The Morgan fingerprint density at radius 2 is 2.44 bits per heavy atom. The van der Waals surface area contributed by atoms with Crippen molar-refractivity contribution >= 4 is 5.96 Å². The Kier molecular flexibility index (Phi) is 3.79. The van der Waals surface area contributed by atoms with E-state index in [1.54, 1.807) is 0 Å². The maximum absolute atomic E-state index is 8.89. The van der Waals surface area contributed by atoms with E-state index in [4.69, 9.17) is 16.2 Å². The first kappa shape index (κ1) is 8.23. The lowest BCUT2D eigenvalue weighted by molar-refractivity contribution is 0.148. The molecular weight excluding hydrogens is 118 g/mol. The highest BCUT2D eigenvalue weighted by Gasteiger charge is 1.99. The fraction of sp³-hybridized carbons (Fsp3) is 0.800. The lowest BCUT2D eigenvalue weighted by Crippen LogP contribution is -2.38. The van der Waals surface area contributed by atoms with Crippen molar-refractivity contribution in [3.8, 4) is 0 Å². The first-order valence-corrected chi connectivity index (χ1v) is 2.95. The minimum atomic E-state index is -0.660. The topological polar surface area (TPSA) is 82.1 Å². The van der Waals surface area contributed by atoms with E-state index in [1.165, 1.54) is 0 Å². The molecule has 4 nitrogen and oxygen atoms in total. The summed E-state index contributed by atoms with van der Waals surface area (Å²) in [7, 11) is 0. The van der Waals surface area contributed by atoms with Crippen LogP contribution in [-0.4, -0.2) is 17.3 Å². The second kappa shape index (κ2) is 4.14. The minimum Gasteiger partial charge on any atom is -0.374 e. The maximum Gasteiger partial charge on any atom is 0.187 e. The molecule has 0 saturated heterocycles. The third kappa shape index (κ3) is 5.10. The van der Waals surface area contributed by atoms with Gasteiger partial charge in [-0.25, -0.2) is 0 Å². The largest absolute Gasteiger partial charge is 0.374 e. The van der Waals surface area contributed by atoms with Crippen molar-refractivity contribution < 1.29 is 5.11 Å². The quantitative estimate of drug-likeness (QED) is 0.239. The van der Waals surface area contributed by atoms with Gasteiger partial charge in [-0.15, -0.1) is 0 Å². The number of aliphatic hydroxyl groups excluding tert-OH is 1. The molecule has 9 heavy (non-hydrogen) atoms. The van der Waals surface area contributed by atoms with Gasteiger partial charge < -0.3 is 16.2 Å². The highest BCUT2D eigenvalue weighted by Crippen LogP contribution is 1.89. The molecule has 0 amide bonds. The van der Waals surface area contributed by atoms with Crippen LogP contribution in [0.2, 0.25) is 0 Å². The zero-order valence-electron chi connectivity index (χ0n) is 5.52. The van der Waals surface area contributed by atoms with Crippen LogP contribution >= 0.6 is 0 Å². The van der Waals surface area contributed by atoms with Gasteiger partial charge in [0, 0.05) is 0 Å². The van der Waals surface area contributed by atoms with Crippen LogP contribution in [0.15, 0.2) is 0 Å². The molecule has 5 N–H and O–H groups in total. The Balaban J connectivity index is 3.26. The second-order valence-electron chi connectivity index (χ2n) is 1.86. The van der Waals surface area contributed by atoms with Crippen molar-refractivity contribution in [3.63, 3.8) is 0 Å². The van der Waals surface area contributed by atoms with Crippen LogP contribution in [0, 0.1) is 5.41 Å². The van der Waals surface area contributed by atoms with E-state index in [0.717, 1.165) is 6.42 Å². The van der Waals surface area contributed by atoms with E-state index in [-0.39, 0.29) is 5.96 Å². The molecule has 4 heteroatoms. The minimum absolute atomic E-state index is 0.184. The number of hydrogen-bond donors (Lipinski definition) is 4. The zero-order valence-corrected chi connectivity index (χ0v) is 5.52. The van der Waals surface area contributed by atoms with E-state index < -0.39 is 6.23 Å². The molecule has 1 atom stereocenters. The van der Waals surface area contributed by atoms with E-state index in [2.05, 4.69) is 5.32 Å². The van der Waals surface area contributed by atoms with Gasteiger partial charge in [-0.05, 0) is 6.42 Å². The molecule has 0 aromatic carbocycles. The molecule has 0 spiro atoms. The van der Waals surface area contributed by atoms with E-state index >= 15 is 0 Å². The fourth-order valence-electron chi connectivity index (χ4n) is 0.525. The van der Waals surface area contributed by atoms with Crippen molar-refractivity contribution in [2.75, 3.05) is 0 Å². The normalized spacial score (nSPS) is 12.7. The highest BCUT2D eigenvalue weighted by molar-refractivity contribution is 5.74. The van der Waals surface area contributed by atoms with Gasteiger partial charge in [0.1, 0.15) is 6.23 Å². The molecule has 0 saturated carbocycles. The number of guanidine groups is 1. The third-order valence-electron chi connectivity index (χ3n) is 0.884. The molecule has 0 fully saturated rings. The second-order valence-corrected chi connectivity index (χ2v) is 1.86. The number of rotatable bonds is 3. The predicted molar refractivity (Wildman–Crippen MR) is 36.0 cm³/mol. The van der Waals surface area contributed by atoms with Crippen LogP contribution in [0.5, 0.6) is 0 Å². The molecule has 0 radical (unpaired) electrons. The summed E-state index contributed by atoms with van der Waals surface area (Å²) in [6.45, 7) is 1.95. The lowest BCUT2D eigenvalue weighted by atomic mass is 10.3. The number of hydrogen-bond acceptors (Lipinski definition) is 2. The molecule has 0 aliphatic carbocycles. The molecule has 0 heterocycles. The van der Waals surface area contributed by atoms with Gasteiger partial charge in [-0.1, -0.05) is 13.3 Å². The van der Waals surface area contributed by atoms with Gasteiger partial charge >= 0.3 is 0 Å². The van der Waals surface area contributed by atoms with Gasteiger partial charge in [0.05, 0.1) is 0 Å². The average Bonchev–Trinajstić information content (AvgIpc) is 1.63. The van der Waals surface area contributed by atoms with Crippen molar-refractivity contribution in [2.45, 2.75) is 26.0 Å². The first-order valence-electron chi connectivity index (χ1n) is 2.95. The van der Waals surface area contributed by atoms with Crippen LogP contribution in [0.1, 0.15) is 19.8 Å². The van der Waals surface area contributed by atoms with Crippen LogP contribution in [0.25, 0.3) is 0 Å². The molecule has 54 valence electrons. The van der Waals surface area contributed by atoms with Gasteiger partial charge in [0.15, 0.2) is 5.96 Å². The molecule has 0 aromatic rings. The fourth-order valence-corrected chi connectivity index (χ4v) is 0.525. The van der Waals surface area contributed by atoms with Gasteiger partial charge in [0.2, 0.25) is 0 Å². The summed E-state index contributed by atoms with van der Waals surface area (Å²) >= 11 is 0. The summed E-state index contributed by atoms with van der Waals surface area (Å²) in [6.07, 6.45) is 0.841. The molecule has 1 unspecified atom stereocenters. The first-order chi connectivity index (χ1) is 4.16. The van der Waals surface area contributed by atoms with E-state index in [1.807, 2.05) is 6.92 Å². The van der Waals surface area contributed by atoms with Crippen LogP contribution in [0.3, 0.4) is 0 Å². The summed E-state index contributed by atoms with van der Waals surface area (Å²) in [4.78, 5) is 0. The molecular formula is C5H13N3O. The summed E-state index contributed by atoms with van der Waals surface area (Å²) in [5.41, 5.74) is 4.94. The van der Waals surface area contributed by atoms with Crippen molar-refractivity contribution in [1.29, 1.82) is 5.41 Å². The van der Waals surface area contributed by atoms with E-state index in [0.29, 0.717) is 6.42 Å².